The number of halogens is 1. The van der Waals surface area contributed by atoms with Crippen molar-refractivity contribution in [1.82, 2.24) is 10.2 Å². The van der Waals surface area contributed by atoms with Crippen LogP contribution < -0.4 is 5.32 Å². The topological polar surface area (TPSA) is 86.7 Å². The van der Waals surface area contributed by atoms with Crippen LogP contribution in [0.25, 0.3) is 0 Å². The molecule has 2 rings (SSSR count). The van der Waals surface area contributed by atoms with Crippen LogP contribution in [0.2, 0.25) is 0 Å². The summed E-state index contributed by atoms with van der Waals surface area (Å²) in [7, 11) is 0. The molecule has 2 N–H and O–H groups in total. The van der Waals surface area contributed by atoms with E-state index in [2.05, 4.69) is 5.32 Å². The summed E-state index contributed by atoms with van der Waals surface area (Å²) in [5.74, 6) is -1.56. The summed E-state index contributed by atoms with van der Waals surface area (Å²) < 4.78 is 12.9. The SMILES string of the molecule is CC(=O)N1CCC(C(=O)NC(CO)C(=O)c2ccc(F)cc2)CC1. The minimum atomic E-state index is -1.06. The van der Waals surface area contributed by atoms with Crippen molar-refractivity contribution < 1.29 is 23.9 Å². The number of benzene rings is 1. The molecule has 1 aliphatic heterocycles. The second kappa shape index (κ2) is 8.01. The maximum absolute atomic E-state index is 12.9. The largest absolute Gasteiger partial charge is 0.394 e. The van der Waals surface area contributed by atoms with Crippen LogP contribution in [0.5, 0.6) is 0 Å². The average Bonchev–Trinajstić information content (AvgIpc) is 2.59. The number of amides is 2. The average molecular weight is 336 g/mol. The molecule has 1 heterocycles. The van der Waals surface area contributed by atoms with E-state index in [1.807, 2.05) is 0 Å². The molecule has 0 saturated carbocycles. The summed E-state index contributed by atoms with van der Waals surface area (Å²) in [6, 6.07) is 3.88. The van der Waals surface area contributed by atoms with Crippen molar-refractivity contribution in [3.05, 3.63) is 35.6 Å². The number of aliphatic hydroxyl groups excluding tert-OH is 1. The molecule has 1 unspecified atom stereocenters. The molecule has 1 aromatic carbocycles. The molecule has 24 heavy (non-hydrogen) atoms. The second-order valence-electron chi connectivity index (χ2n) is 5.90. The van der Waals surface area contributed by atoms with Gasteiger partial charge in [0, 0.05) is 31.5 Å². The number of hydrogen-bond donors (Lipinski definition) is 2. The lowest BCUT2D eigenvalue weighted by Crippen LogP contribution is -2.48. The lowest BCUT2D eigenvalue weighted by Gasteiger charge is -2.31. The van der Waals surface area contributed by atoms with E-state index < -0.39 is 24.2 Å². The van der Waals surface area contributed by atoms with Crippen LogP contribution in [0.3, 0.4) is 0 Å². The summed E-state index contributed by atoms with van der Waals surface area (Å²) >= 11 is 0. The van der Waals surface area contributed by atoms with Crippen molar-refractivity contribution in [2.75, 3.05) is 19.7 Å². The fraction of sp³-hybridized carbons (Fsp3) is 0.471. The smallest absolute Gasteiger partial charge is 0.223 e. The van der Waals surface area contributed by atoms with Gasteiger partial charge in [-0.3, -0.25) is 14.4 Å². The molecule has 1 fully saturated rings. The molecule has 0 aromatic heterocycles. The van der Waals surface area contributed by atoms with Gasteiger partial charge in [-0.2, -0.15) is 0 Å². The highest BCUT2D eigenvalue weighted by Crippen LogP contribution is 2.18. The third-order valence-corrected chi connectivity index (χ3v) is 4.26. The normalized spacial score (nSPS) is 16.5. The van der Waals surface area contributed by atoms with E-state index in [0.717, 1.165) is 12.1 Å². The fourth-order valence-electron chi connectivity index (χ4n) is 2.76. The molecular formula is C17H21FN2O4. The van der Waals surface area contributed by atoms with Crippen molar-refractivity contribution in [2.45, 2.75) is 25.8 Å². The highest BCUT2D eigenvalue weighted by Gasteiger charge is 2.29. The number of piperidine rings is 1. The number of likely N-dealkylation sites (tertiary alicyclic amines) is 1. The Hall–Kier alpha value is -2.28. The monoisotopic (exact) mass is 336 g/mol. The molecular weight excluding hydrogens is 315 g/mol. The van der Waals surface area contributed by atoms with Crippen LogP contribution >= 0.6 is 0 Å². The number of nitrogens with one attached hydrogen (secondary N) is 1. The Kier molecular flexibility index (Phi) is 6.03. The molecule has 1 saturated heterocycles. The molecule has 1 aliphatic rings. The van der Waals surface area contributed by atoms with Crippen LogP contribution in [0, 0.1) is 11.7 Å². The molecule has 1 atom stereocenters. The first-order chi connectivity index (χ1) is 11.4. The van der Waals surface area contributed by atoms with Crippen molar-refractivity contribution in [3.8, 4) is 0 Å². The molecule has 2 amide bonds. The summed E-state index contributed by atoms with van der Waals surface area (Å²) in [5, 5.41) is 12.0. The standard InChI is InChI=1S/C17H21FN2O4/c1-11(22)20-8-6-13(7-9-20)17(24)19-15(10-21)16(23)12-2-4-14(18)5-3-12/h2-5,13,15,21H,6-10H2,1H3,(H,19,24). The van der Waals surface area contributed by atoms with E-state index >= 15 is 0 Å². The molecule has 0 radical (unpaired) electrons. The number of nitrogens with zero attached hydrogens (tertiary/aromatic N) is 1. The van der Waals surface area contributed by atoms with Gasteiger partial charge in [-0.05, 0) is 37.1 Å². The molecule has 1 aromatic rings. The summed E-state index contributed by atoms with van der Waals surface area (Å²) in [6.07, 6.45) is 1.04. The van der Waals surface area contributed by atoms with E-state index in [1.165, 1.54) is 19.1 Å². The van der Waals surface area contributed by atoms with Crippen molar-refractivity contribution in [2.24, 2.45) is 5.92 Å². The summed E-state index contributed by atoms with van der Waals surface area (Å²) in [6.45, 7) is 1.96. The zero-order chi connectivity index (χ0) is 17.7. The van der Waals surface area contributed by atoms with E-state index in [9.17, 15) is 23.9 Å². The molecule has 0 aliphatic carbocycles. The predicted octanol–water partition coefficient (Wildman–Crippen LogP) is 0.744. The Morgan fingerprint density at radius 2 is 1.83 bits per heavy atom. The summed E-state index contributed by atoms with van der Waals surface area (Å²) in [5.41, 5.74) is 0.224. The highest BCUT2D eigenvalue weighted by molar-refractivity contribution is 6.02. The third-order valence-electron chi connectivity index (χ3n) is 4.26. The first-order valence-corrected chi connectivity index (χ1v) is 7.89. The Labute approximate surface area is 139 Å². The van der Waals surface area contributed by atoms with Crippen LogP contribution in [0.15, 0.2) is 24.3 Å². The van der Waals surface area contributed by atoms with Gasteiger partial charge in [-0.25, -0.2) is 4.39 Å². The first-order valence-electron chi connectivity index (χ1n) is 7.89. The number of Topliss-reactive ketones (excluding diaryl/α,β-unsaturated/α-hetero) is 1. The number of hydrogen-bond acceptors (Lipinski definition) is 4. The Balaban J connectivity index is 1.95. The number of aliphatic hydroxyl groups is 1. The van der Waals surface area contributed by atoms with Crippen LogP contribution in [0.4, 0.5) is 4.39 Å². The van der Waals surface area contributed by atoms with Crippen LogP contribution in [0.1, 0.15) is 30.1 Å². The Morgan fingerprint density at radius 1 is 1.25 bits per heavy atom. The van der Waals surface area contributed by atoms with Crippen molar-refractivity contribution in [1.29, 1.82) is 0 Å². The first kappa shape index (κ1) is 18.1. The fourth-order valence-corrected chi connectivity index (χ4v) is 2.76. The van der Waals surface area contributed by atoms with Crippen molar-refractivity contribution in [3.63, 3.8) is 0 Å². The van der Waals surface area contributed by atoms with Gasteiger partial charge in [0.2, 0.25) is 11.8 Å². The molecule has 6 nitrogen and oxygen atoms in total. The van der Waals surface area contributed by atoms with Crippen LogP contribution in [-0.2, 0) is 9.59 Å². The van der Waals surface area contributed by atoms with Gasteiger partial charge in [0.25, 0.3) is 0 Å². The lowest BCUT2D eigenvalue weighted by molar-refractivity contribution is -0.134. The maximum Gasteiger partial charge on any atom is 0.223 e. The van der Waals surface area contributed by atoms with Crippen LogP contribution in [-0.4, -0.2) is 53.3 Å². The highest BCUT2D eigenvalue weighted by atomic mass is 19.1. The number of carbonyl (C=O) groups excluding carboxylic acids is 3. The zero-order valence-corrected chi connectivity index (χ0v) is 13.5. The lowest BCUT2D eigenvalue weighted by atomic mass is 9.95. The molecule has 0 bridgehead atoms. The zero-order valence-electron chi connectivity index (χ0n) is 13.5. The predicted molar refractivity (Wildman–Crippen MR) is 84.7 cm³/mol. The van der Waals surface area contributed by atoms with Gasteiger partial charge in [-0.1, -0.05) is 0 Å². The quantitative estimate of drug-likeness (QED) is 0.777. The number of rotatable bonds is 5. The van der Waals surface area contributed by atoms with E-state index in [-0.39, 0.29) is 23.3 Å². The minimum absolute atomic E-state index is 0.0198. The molecule has 130 valence electrons. The number of carbonyl (C=O) groups is 3. The van der Waals surface area contributed by atoms with Gasteiger partial charge in [0.1, 0.15) is 11.9 Å². The van der Waals surface area contributed by atoms with E-state index in [0.29, 0.717) is 25.9 Å². The maximum atomic E-state index is 12.9. The van der Waals surface area contributed by atoms with Gasteiger partial charge in [-0.15, -0.1) is 0 Å². The van der Waals surface area contributed by atoms with Gasteiger partial charge < -0.3 is 15.3 Å². The summed E-state index contributed by atoms with van der Waals surface area (Å²) in [4.78, 5) is 37.6. The molecule has 0 spiro atoms. The Morgan fingerprint density at radius 3 is 2.33 bits per heavy atom. The third kappa shape index (κ3) is 4.38. The second-order valence-corrected chi connectivity index (χ2v) is 5.90. The number of ketones is 1. The minimum Gasteiger partial charge on any atom is -0.394 e. The van der Waals surface area contributed by atoms with Crippen molar-refractivity contribution >= 4 is 17.6 Å². The van der Waals surface area contributed by atoms with E-state index in [1.54, 1.807) is 4.90 Å². The van der Waals surface area contributed by atoms with Gasteiger partial charge >= 0.3 is 0 Å². The van der Waals surface area contributed by atoms with E-state index in [4.69, 9.17) is 0 Å². The molecule has 7 heteroatoms. The Bertz CT molecular complexity index is 610. The van der Waals surface area contributed by atoms with Gasteiger partial charge in [0.05, 0.1) is 6.61 Å². The van der Waals surface area contributed by atoms with Gasteiger partial charge in [0.15, 0.2) is 5.78 Å².